The largest absolute Gasteiger partial charge is 0.524 e. The Morgan fingerprint density at radius 2 is 1.44 bits per heavy atom. The van der Waals surface area contributed by atoms with Crippen LogP contribution in [-0.4, -0.2) is 122 Å². The lowest BCUT2D eigenvalue weighted by molar-refractivity contribution is -0.164. The Balaban J connectivity index is 1.29. The summed E-state index contributed by atoms with van der Waals surface area (Å²) in [5.74, 6) is -12.2. The predicted molar refractivity (Wildman–Crippen MR) is 344 cm³/mol. The van der Waals surface area contributed by atoms with Crippen molar-refractivity contribution in [1.82, 2.24) is 35.2 Å². The van der Waals surface area contributed by atoms with Crippen LogP contribution in [0.4, 0.5) is 49.7 Å². The standard InChI is InChI=1S/C64H68ClF10N8O15PS2/c1-31-20-33(56(87)78-43(57(88)97-59(5,6)7)27-47(86)96-58(2,3)4)24-44(98-99(89,90)91)50(31)60(8,9)28-46(85)83(101(13,94)95)55-49-41(65)17-16-38(52(49)82(80-55)30-62(68,69)70)37-15-14-36(18-19-61(10,11)100(12,92)93)76-51(37)42(23-32-21-34(66)25-35(67)22-32)77-45(84)29-81-54-48(53(79-81)64(73,74)75)39-26-40(39)63(54,71)72/h14-17,20-22,24-25,39-40,42-43H,23,26-30H2,1-13H3,(H,77,84)(H,78,87)(H2,89,90,91)/t39-,40+,42-,43-/m0/s1. The van der Waals surface area contributed by atoms with Crippen LogP contribution in [0, 0.1) is 36.3 Å². The zero-order chi connectivity index (χ0) is 76.0. The van der Waals surface area contributed by atoms with Gasteiger partial charge in [-0.3, -0.25) is 38.3 Å². The summed E-state index contributed by atoms with van der Waals surface area (Å²) in [5, 5.41) is 10.8. The van der Waals surface area contributed by atoms with E-state index in [2.05, 4.69) is 37.7 Å². The molecule has 37 heteroatoms. The van der Waals surface area contributed by atoms with Crippen molar-refractivity contribution in [2.45, 2.75) is 173 Å². The Morgan fingerprint density at radius 3 is 1.99 bits per heavy atom. The molecule has 2 aliphatic rings. The average Bonchev–Trinajstić information content (AvgIpc) is 1.52. The molecule has 1 fully saturated rings. The number of esters is 2. The van der Waals surface area contributed by atoms with Gasteiger partial charge in [-0.15, -0.1) is 0 Å². The summed E-state index contributed by atoms with van der Waals surface area (Å²) in [4.78, 5) is 95.1. The monoisotopic (exact) mass is 1510 g/mol. The summed E-state index contributed by atoms with van der Waals surface area (Å²) >= 11 is 6.86. The number of sulfonamides is 1. The van der Waals surface area contributed by atoms with Crippen molar-refractivity contribution in [2.24, 2.45) is 5.92 Å². The minimum Gasteiger partial charge on any atom is -0.460 e. The summed E-state index contributed by atoms with van der Waals surface area (Å²) < 4.78 is 232. The van der Waals surface area contributed by atoms with Crippen LogP contribution in [0.15, 0.2) is 54.6 Å². The zero-order valence-corrected chi connectivity index (χ0v) is 59.3. The molecule has 0 radical (unpaired) electrons. The lowest BCUT2D eigenvalue weighted by Gasteiger charge is -2.31. The fraction of sp³-hybridized carbons (Fsp3) is 0.469. The molecule has 23 nitrogen and oxygen atoms in total. The number of pyridine rings is 1. The molecule has 548 valence electrons. The Kier molecular flexibility index (Phi) is 21.2. The molecule has 6 aromatic rings. The van der Waals surface area contributed by atoms with Crippen LogP contribution in [0.3, 0.4) is 0 Å². The lowest BCUT2D eigenvalue weighted by Crippen LogP contribution is -2.46. The molecule has 1 saturated carbocycles. The van der Waals surface area contributed by atoms with Gasteiger partial charge >= 0.3 is 32.1 Å². The molecule has 3 aromatic heterocycles. The normalized spacial score (nSPS) is 16.3. The maximum Gasteiger partial charge on any atom is 0.524 e. The molecule has 4 atom stereocenters. The number of carbonyl (C=O) groups excluding carboxylic acids is 5. The van der Waals surface area contributed by atoms with Crippen molar-refractivity contribution in [2.75, 3.05) is 16.8 Å². The number of anilines is 1. The number of halogens is 11. The van der Waals surface area contributed by atoms with Gasteiger partial charge < -0.3 is 24.6 Å². The first-order chi connectivity index (χ1) is 45.9. The van der Waals surface area contributed by atoms with Gasteiger partial charge in [-0.2, -0.15) is 49.6 Å². The van der Waals surface area contributed by atoms with Crippen LogP contribution in [-0.2, 0) is 90.1 Å². The number of phosphoric acid groups is 1. The quantitative estimate of drug-likeness (QED) is 0.0225. The Labute approximate surface area is 577 Å². The van der Waals surface area contributed by atoms with Gasteiger partial charge in [0.1, 0.15) is 63.9 Å². The summed E-state index contributed by atoms with van der Waals surface area (Å²) in [6.07, 6.45) is -12.3. The van der Waals surface area contributed by atoms with Crippen molar-refractivity contribution >= 4 is 85.7 Å². The highest BCUT2D eigenvalue weighted by atomic mass is 35.5. The van der Waals surface area contributed by atoms with Crippen LogP contribution in [0.5, 0.6) is 5.75 Å². The number of aryl methyl sites for hydroxylation is 1. The van der Waals surface area contributed by atoms with Crippen molar-refractivity contribution < 1.29 is 113 Å². The van der Waals surface area contributed by atoms with E-state index in [1.165, 1.54) is 76.2 Å². The molecule has 8 rings (SSSR count). The van der Waals surface area contributed by atoms with E-state index in [1.54, 1.807) is 0 Å². The zero-order valence-electron chi connectivity index (χ0n) is 56.1. The van der Waals surface area contributed by atoms with E-state index < -0.39 is 232 Å². The van der Waals surface area contributed by atoms with Gasteiger partial charge in [0.2, 0.25) is 21.8 Å². The van der Waals surface area contributed by atoms with Gasteiger partial charge in [0, 0.05) is 57.9 Å². The molecule has 3 amide bonds. The summed E-state index contributed by atoms with van der Waals surface area (Å²) in [7, 11) is -14.8. The molecule has 0 bridgehead atoms. The molecule has 2 aliphatic carbocycles. The molecule has 3 heterocycles. The number of fused-ring (bicyclic) bond motifs is 4. The first kappa shape index (κ1) is 78.6. The third-order valence-corrected chi connectivity index (χ3v) is 19.6. The van der Waals surface area contributed by atoms with E-state index in [1.807, 2.05) is 0 Å². The fourth-order valence-corrected chi connectivity index (χ4v) is 13.5. The number of aromatic nitrogens is 5. The number of phosphoric ester groups is 1. The van der Waals surface area contributed by atoms with Crippen LogP contribution in [0.25, 0.3) is 22.0 Å². The van der Waals surface area contributed by atoms with Gasteiger partial charge in [0.25, 0.3) is 11.8 Å². The number of amides is 3. The predicted octanol–water partition coefficient (Wildman–Crippen LogP) is 10.9. The Morgan fingerprint density at radius 1 is 0.832 bits per heavy atom. The van der Waals surface area contributed by atoms with E-state index in [-0.39, 0.29) is 42.5 Å². The average molecular weight is 1510 g/mol. The van der Waals surface area contributed by atoms with Crippen LogP contribution in [0.2, 0.25) is 5.02 Å². The third-order valence-electron chi connectivity index (χ3n) is 15.9. The number of hydrogen-bond donors (Lipinski definition) is 4. The van der Waals surface area contributed by atoms with Gasteiger partial charge in [0.15, 0.2) is 21.3 Å². The first-order valence-corrected chi connectivity index (χ1v) is 36.0. The van der Waals surface area contributed by atoms with Gasteiger partial charge in [0.05, 0.1) is 40.3 Å². The number of benzene rings is 3. The number of nitrogens with zero attached hydrogens (tertiary/aromatic N) is 6. The van der Waals surface area contributed by atoms with E-state index in [0.717, 1.165) is 54.8 Å². The molecule has 0 unspecified atom stereocenters. The van der Waals surface area contributed by atoms with Crippen molar-refractivity contribution in [3.63, 3.8) is 0 Å². The van der Waals surface area contributed by atoms with E-state index >= 15 is 35.5 Å². The summed E-state index contributed by atoms with van der Waals surface area (Å²) in [5.41, 5.74) is -11.7. The SMILES string of the molecule is Cc1cc(C(=O)N[C@@H](CC(=O)OC(C)(C)C)C(=O)OC(C)(C)C)cc(OP(=O)(O)O)c1C(C)(C)CC(=O)N(c1nn(CC(F)(F)F)c2c(-c3ccc(C#CC(C)(C)S(C)(=O)=O)nc3[C@H](Cc3cc(F)cc(F)c3)NC(=O)Cn3nc(C(F)(F)F)c4c3C(F)(F)[C@@H]3C[C@H]43)ccc(Cl)c12)S(C)(=O)=O. The number of rotatable bonds is 21. The molecular formula is C64H68ClF10N8O15PS2. The summed E-state index contributed by atoms with van der Waals surface area (Å²) in [6.45, 7) is 11.7. The second kappa shape index (κ2) is 27.2. The number of carbonyl (C=O) groups is 5. The highest BCUT2D eigenvalue weighted by Crippen LogP contribution is 2.68. The van der Waals surface area contributed by atoms with Crippen LogP contribution in [0.1, 0.15) is 156 Å². The summed E-state index contributed by atoms with van der Waals surface area (Å²) in [6, 6.07) is 4.40. The Hall–Kier alpha value is -8.16. The van der Waals surface area contributed by atoms with Crippen molar-refractivity contribution in [3.8, 4) is 28.7 Å². The molecule has 0 aliphatic heterocycles. The highest BCUT2D eigenvalue weighted by molar-refractivity contribution is 7.93. The smallest absolute Gasteiger partial charge is 0.460 e. The fourth-order valence-electron chi connectivity index (χ4n) is 11.7. The van der Waals surface area contributed by atoms with Crippen LogP contribution < -0.4 is 19.5 Å². The maximum atomic E-state index is 15.8. The second-order valence-electron chi connectivity index (χ2n) is 27.6. The van der Waals surface area contributed by atoms with Crippen molar-refractivity contribution in [1.29, 1.82) is 0 Å². The van der Waals surface area contributed by atoms with E-state index in [4.69, 9.17) is 25.6 Å². The van der Waals surface area contributed by atoms with Crippen molar-refractivity contribution in [3.05, 3.63) is 122 Å². The molecule has 0 saturated heterocycles. The van der Waals surface area contributed by atoms with Crippen LogP contribution >= 0.6 is 19.4 Å². The molecule has 3 aromatic carbocycles. The minimum absolute atomic E-state index is 0.0338. The molecular weight excluding hydrogens is 1440 g/mol. The molecule has 0 spiro atoms. The minimum atomic E-state index is -5.67. The number of hydrogen-bond acceptors (Lipinski definition) is 16. The van der Waals surface area contributed by atoms with E-state index in [0.29, 0.717) is 12.3 Å². The highest BCUT2D eigenvalue weighted by Gasteiger charge is 2.68. The van der Waals surface area contributed by atoms with Gasteiger partial charge in [-0.1, -0.05) is 37.4 Å². The lowest BCUT2D eigenvalue weighted by atomic mass is 9.78. The number of sulfone groups is 1. The van der Waals surface area contributed by atoms with Gasteiger partial charge in [-0.05, 0) is 141 Å². The topological polar surface area (TPSA) is 315 Å². The maximum absolute atomic E-state index is 15.8. The van der Waals surface area contributed by atoms with E-state index in [9.17, 15) is 63.5 Å². The van der Waals surface area contributed by atoms with Gasteiger partial charge in [-0.25, -0.2) is 40.0 Å². The second-order valence-corrected chi connectivity index (χ2v) is 33.6. The number of nitrogens with one attached hydrogen (secondary N) is 2. The number of alkyl halides is 8. The molecule has 4 N–H and O–H groups in total. The number of ether oxygens (including phenoxy) is 2. The first-order valence-electron chi connectivity index (χ1n) is 30.4. The molecule has 101 heavy (non-hydrogen) atoms. The Bertz CT molecular complexity index is 4720. The third kappa shape index (κ3) is 18.2.